The van der Waals surface area contributed by atoms with E-state index >= 15 is 0 Å². The molecular formula is C55H33N3. The van der Waals surface area contributed by atoms with Crippen molar-refractivity contribution in [1.29, 1.82) is 0 Å². The van der Waals surface area contributed by atoms with Crippen molar-refractivity contribution in [2.24, 2.45) is 0 Å². The number of nitrogens with zero attached hydrogens (tertiary/aromatic N) is 3. The third-order valence-corrected chi connectivity index (χ3v) is 12.4. The molecule has 3 heteroatoms. The summed E-state index contributed by atoms with van der Waals surface area (Å²) in [4.78, 5) is 5.16. The van der Waals surface area contributed by atoms with Crippen LogP contribution in [0.25, 0.3) is 121 Å². The second-order valence-electron chi connectivity index (χ2n) is 15.5. The van der Waals surface area contributed by atoms with Gasteiger partial charge in [-0.15, -0.1) is 0 Å². The van der Waals surface area contributed by atoms with Crippen LogP contribution >= 0.6 is 0 Å². The first-order valence-electron chi connectivity index (χ1n) is 20.0. The molecule has 0 N–H and O–H groups in total. The Balaban J connectivity index is 1.00. The van der Waals surface area contributed by atoms with E-state index in [9.17, 15) is 0 Å². The van der Waals surface area contributed by atoms with Gasteiger partial charge in [-0.1, -0.05) is 127 Å². The number of fused-ring (bicyclic) bond motifs is 10. The van der Waals surface area contributed by atoms with E-state index in [1.165, 1.54) is 104 Å². The zero-order valence-electron chi connectivity index (χ0n) is 31.4. The molecule has 0 bridgehead atoms. The number of rotatable bonds is 4. The van der Waals surface area contributed by atoms with Crippen LogP contribution in [0.15, 0.2) is 200 Å². The summed E-state index contributed by atoms with van der Waals surface area (Å²) < 4.78 is 4.82. The van der Waals surface area contributed by atoms with E-state index < -0.39 is 0 Å². The molecule has 3 nitrogen and oxygen atoms in total. The van der Waals surface area contributed by atoms with Gasteiger partial charge in [0.25, 0.3) is 0 Å². The third kappa shape index (κ3) is 4.41. The Morgan fingerprint density at radius 2 is 0.879 bits per heavy atom. The summed E-state index contributed by atoms with van der Waals surface area (Å²) in [5.41, 5.74) is 16.6. The lowest BCUT2D eigenvalue weighted by molar-refractivity contribution is 1.18. The first-order chi connectivity index (χ1) is 28.8. The van der Waals surface area contributed by atoms with Gasteiger partial charge in [0, 0.05) is 61.0 Å². The van der Waals surface area contributed by atoms with Gasteiger partial charge in [-0.3, -0.25) is 4.98 Å². The third-order valence-electron chi connectivity index (χ3n) is 12.4. The molecule has 1 aliphatic rings. The van der Waals surface area contributed by atoms with Crippen LogP contribution in [0.2, 0.25) is 0 Å². The van der Waals surface area contributed by atoms with E-state index in [1.807, 2.05) is 0 Å². The summed E-state index contributed by atoms with van der Waals surface area (Å²) in [6.45, 7) is 0. The normalized spacial score (nSPS) is 12.1. The molecule has 12 aromatic rings. The molecule has 13 rings (SSSR count). The van der Waals surface area contributed by atoms with Gasteiger partial charge in [-0.25, -0.2) is 0 Å². The number of aromatic nitrogens is 3. The Bertz CT molecular complexity index is 3650. The highest BCUT2D eigenvalue weighted by Gasteiger charge is 2.24. The molecule has 0 amide bonds. The minimum Gasteiger partial charge on any atom is -0.309 e. The Labute approximate surface area is 334 Å². The molecule has 0 aliphatic heterocycles. The fourth-order valence-corrected chi connectivity index (χ4v) is 9.88. The van der Waals surface area contributed by atoms with Crippen LogP contribution in [0.1, 0.15) is 0 Å². The zero-order chi connectivity index (χ0) is 37.9. The Kier molecular flexibility index (Phi) is 6.44. The fraction of sp³-hybridized carbons (Fsp3) is 0. The summed E-state index contributed by atoms with van der Waals surface area (Å²) in [6, 6.07) is 71.1. The van der Waals surface area contributed by atoms with Crippen molar-refractivity contribution in [2.75, 3.05) is 0 Å². The minimum atomic E-state index is 1.01. The quantitative estimate of drug-likeness (QED) is 0.176. The first-order valence-corrected chi connectivity index (χ1v) is 20.0. The van der Waals surface area contributed by atoms with Crippen LogP contribution in [0.5, 0.6) is 0 Å². The Morgan fingerprint density at radius 3 is 1.69 bits per heavy atom. The summed E-state index contributed by atoms with van der Waals surface area (Å²) in [5.74, 6) is 0. The summed E-state index contributed by atoms with van der Waals surface area (Å²) >= 11 is 0. The predicted octanol–water partition coefficient (Wildman–Crippen LogP) is 14.6. The maximum Gasteiger partial charge on any atom is 0.0781 e. The van der Waals surface area contributed by atoms with Crippen LogP contribution in [0.4, 0.5) is 0 Å². The van der Waals surface area contributed by atoms with E-state index in [1.54, 1.807) is 0 Å². The predicted molar refractivity (Wildman–Crippen MR) is 243 cm³/mol. The lowest BCUT2D eigenvalue weighted by Gasteiger charge is -2.13. The van der Waals surface area contributed by atoms with E-state index in [4.69, 9.17) is 4.98 Å². The lowest BCUT2D eigenvalue weighted by atomic mass is 9.99. The molecule has 1 aliphatic carbocycles. The molecule has 0 fully saturated rings. The van der Waals surface area contributed by atoms with Gasteiger partial charge in [-0.2, -0.15) is 0 Å². The van der Waals surface area contributed by atoms with Gasteiger partial charge < -0.3 is 9.13 Å². The standard InChI is InChI=1S/C55H33N3/c1-2-15-39(16-3-1)57-50-23-9-8-20-43(50)46-30-36(24-26-51(46)57)37-25-27-52-47(31-37)48-29-34-12-4-5-13-35(34)32-53(48)58(52)40-17-10-14-38(28-40)55-45-22-11-21-44-41-18-6-7-19-42(41)49(33-56-55)54(44)45/h1-33H. The monoisotopic (exact) mass is 735 g/mol. The average molecular weight is 736 g/mol. The van der Waals surface area contributed by atoms with Gasteiger partial charge in [-0.05, 0) is 105 Å². The van der Waals surface area contributed by atoms with Crippen LogP contribution < -0.4 is 0 Å². The van der Waals surface area contributed by atoms with Gasteiger partial charge in [0.1, 0.15) is 0 Å². The topological polar surface area (TPSA) is 22.8 Å². The molecule has 268 valence electrons. The van der Waals surface area contributed by atoms with Gasteiger partial charge in [0.05, 0.1) is 27.8 Å². The number of pyridine rings is 1. The maximum absolute atomic E-state index is 5.16. The van der Waals surface area contributed by atoms with Crippen molar-refractivity contribution in [3.63, 3.8) is 0 Å². The van der Waals surface area contributed by atoms with Gasteiger partial charge >= 0.3 is 0 Å². The molecular weight excluding hydrogens is 703 g/mol. The Morgan fingerprint density at radius 1 is 0.310 bits per heavy atom. The molecule has 3 aromatic heterocycles. The fourth-order valence-electron chi connectivity index (χ4n) is 9.88. The molecule has 0 spiro atoms. The average Bonchev–Trinajstić information content (AvgIpc) is 3.92. The van der Waals surface area contributed by atoms with Crippen LogP contribution in [0, 0.1) is 0 Å². The van der Waals surface area contributed by atoms with Crippen LogP contribution in [-0.4, -0.2) is 14.1 Å². The van der Waals surface area contributed by atoms with Gasteiger partial charge in [0.2, 0.25) is 0 Å². The number of hydrogen-bond donors (Lipinski definition) is 0. The molecule has 0 radical (unpaired) electrons. The second-order valence-corrected chi connectivity index (χ2v) is 15.5. The molecule has 0 saturated carbocycles. The highest BCUT2D eigenvalue weighted by Crippen LogP contribution is 2.49. The molecule has 3 heterocycles. The molecule has 0 unspecified atom stereocenters. The van der Waals surface area contributed by atoms with Crippen molar-refractivity contribution in [2.45, 2.75) is 0 Å². The van der Waals surface area contributed by atoms with Crippen molar-refractivity contribution in [3.8, 4) is 56.0 Å². The van der Waals surface area contributed by atoms with E-state index in [0.29, 0.717) is 0 Å². The summed E-state index contributed by atoms with van der Waals surface area (Å²) in [7, 11) is 0. The highest BCUT2D eigenvalue weighted by atomic mass is 15.0. The maximum atomic E-state index is 5.16. The molecule has 9 aromatic carbocycles. The number of para-hydroxylation sites is 2. The Hall–Kier alpha value is -7.75. The largest absolute Gasteiger partial charge is 0.309 e. The van der Waals surface area contributed by atoms with Crippen LogP contribution in [-0.2, 0) is 0 Å². The van der Waals surface area contributed by atoms with Crippen molar-refractivity contribution in [1.82, 2.24) is 14.1 Å². The second kappa shape index (κ2) is 11.9. The van der Waals surface area contributed by atoms with E-state index in [-0.39, 0.29) is 0 Å². The molecule has 58 heavy (non-hydrogen) atoms. The SMILES string of the molecule is c1ccc(-n2c3ccccc3c3cc(-c4ccc5c(c4)c4cc6ccccc6cc4n5-c4cccc(-c5ncc6c7c(cccc57)-c5ccccc5-6)c4)ccc32)cc1. The van der Waals surface area contributed by atoms with Crippen molar-refractivity contribution < 1.29 is 0 Å². The van der Waals surface area contributed by atoms with Crippen molar-refractivity contribution in [3.05, 3.63) is 200 Å². The van der Waals surface area contributed by atoms with Crippen molar-refractivity contribution >= 4 is 65.2 Å². The highest BCUT2D eigenvalue weighted by molar-refractivity contribution is 6.18. The molecule has 0 atom stereocenters. The summed E-state index contributed by atoms with van der Waals surface area (Å²) in [5, 5.41) is 9.92. The van der Waals surface area contributed by atoms with Crippen LogP contribution in [0.3, 0.4) is 0 Å². The van der Waals surface area contributed by atoms with E-state index in [2.05, 4.69) is 209 Å². The number of benzene rings is 9. The molecule has 0 saturated heterocycles. The smallest absolute Gasteiger partial charge is 0.0781 e. The first kappa shape index (κ1) is 31.5. The minimum absolute atomic E-state index is 1.01. The van der Waals surface area contributed by atoms with Gasteiger partial charge in [0.15, 0.2) is 0 Å². The summed E-state index contributed by atoms with van der Waals surface area (Å²) in [6.07, 6.45) is 2.07. The number of hydrogen-bond acceptors (Lipinski definition) is 1. The lowest BCUT2D eigenvalue weighted by Crippen LogP contribution is -1.95. The van der Waals surface area contributed by atoms with E-state index in [0.717, 1.165) is 16.9 Å². The zero-order valence-corrected chi connectivity index (χ0v) is 31.4.